The van der Waals surface area contributed by atoms with E-state index in [9.17, 15) is 4.79 Å². The molecule has 2 aromatic heterocycles. The van der Waals surface area contributed by atoms with E-state index in [1.165, 1.54) is 22.5 Å². The highest BCUT2D eigenvalue weighted by atomic mass is 35.5. The third kappa shape index (κ3) is 4.23. The molecule has 0 unspecified atom stereocenters. The van der Waals surface area contributed by atoms with Crippen molar-refractivity contribution in [1.29, 1.82) is 0 Å². The van der Waals surface area contributed by atoms with Gasteiger partial charge in [-0.15, -0.1) is 0 Å². The number of rotatable bonds is 5. The molecule has 0 bridgehead atoms. The predicted molar refractivity (Wildman–Crippen MR) is 124 cm³/mol. The molecule has 152 valence electrons. The van der Waals surface area contributed by atoms with E-state index in [1.807, 2.05) is 37.3 Å². The fourth-order valence-electron chi connectivity index (χ4n) is 3.32. The molecule has 0 fully saturated rings. The highest BCUT2D eigenvalue weighted by Gasteiger charge is 2.21. The molecule has 0 aliphatic heterocycles. The van der Waals surface area contributed by atoms with Crippen LogP contribution in [0.2, 0.25) is 5.02 Å². The van der Waals surface area contributed by atoms with E-state index >= 15 is 0 Å². The second-order valence-corrected chi connectivity index (χ2v) is 8.87. The van der Waals surface area contributed by atoms with Crippen LogP contribution in [0.4, 0.5) is 5.13 Å². The standard InChI is InChI=1S/C24H22ClN3OS/c1-15-6-7-18(11-16(15)2)12-22(29)28(14-19-5-4-10-26-13-19)24-27-23-17(3)20(25)8-9-21(23)30-24/h4-11,13H,12,14H2,1-3H3. The first-order chi connectivity index (χ1) is 14.4. The average Bonchev–Trinajstić information content (AvgIpc) is 3.17. The zero-order valence-electron chi connectivity index (χ0n) is 17.1. The number of nitrogens with zero attached hydrogens (tertiary/aromatic N) is 3. The number of thiazole rings is 1. The van der Waals surface area contributed by atoms with Crippen molar-refractivity contribution in [1.82, 2.24) is 9.97 Å². The van der Waals surface area contributed by atoms with Gasteiger partial charge in [-0.3, -0.25) is 14.7 Å². The average molecular weight is 436 g/mol. The van der Waals surface area contributed by atoms with Crippen molar-refractivity contribution < 1.29 is 4.79 Å². The number of halogens is 1. The minimum absolute atomic E-state index is 0.00455. The van der Waals surface area contributed by atoms with Gasteiger partial charge < -0.3 is 0 Å². The van der Waals surface area contributed by atoms with Gasteiger partial charge in [-0.25, -0.2) is 4.98 Å². The lowest BCUT2D eigenvalue weighted by molar-refractivity contribution is -0.118. The SMILES string of the molecule is Cc1ccc(CC(=O)N(Cc2cccnc2)c2nc3c(C)c(Cl)ccc3s2)cc1C. The van der Waals surface area contributed by atoms with E-state index in [1.54, 1.807) is 17.3 Å². The Bertz CT molecular complexity index is 1220. The van der Waals surface area contributed by atoms with Crippen LogP contribution >= 0.6 is 22.9 Å². The van der Waals surface area contributed by atoms with Gasteiger partial charge in [0.25, 0.3) is 0 Å². The van der Waals surface area contributed by atoms with Crippen LogP contribution in [0, 0.1) is 20.8 Å². The Morgan fingerprint density at radius 2 is 1.90 bits per heavy atom. The van der Waals surface area contributed by atoms with Gasteiger partial charge >= 0.3 is 0 Å². The summed E-state index contributed by atoms with van der Waals surface area (Å²) in [6.07, 6.45) is 3.83. The van der Waals surface area contributed by atoms with Crippen molar-refractivity contribution >= 4 is 44.2 Å². The second-order valence-electron chi connectivity index (χ2n) is 7.45. The third-order valence-electron chi connectivity index (χ3n) is 5.26. The summed E-state index contributed by atoms with van der Waals surface area (Å²) < 4.78 is 1.02. The lowest BCUT2D eigenvalue weighted by Crippen LogP contribution is -2.31. The maximum Gasteiger partial charge on any atom is 0.233 e. The molecule has 30 heavy (non-hydrogen) atoms. The summed E-state index contributed by atoms with van der Waals surface area (Å²) in [5.41, 5.74) is 6.14. The molecule has 4 nitrogen and oxygen atoms in total. The zero-order valence-corrected chi connectivity index (χ0v) is 18.7. The number of hydrogen-bond donors (Lipinski definition) is 0. The summed E-state index contributed by atoms with van der Waals surface area (Å²) in [4.78, 5) is 24.1. The second kappa shape index (κ2) is 8.54. The van der Waals surface area contributed by atoms with Gasteiger partial charge in [-0.05, 0) is 66.8 Å². The minimum Gasteiger partial charge on any atom is -0.283 e. The van der Waals surface area contributed by atoms with Crippen LogP contribution in [0.1, 0.15) is 27.8 Å². The van der Waals surface area contributed by atoms with E-state index in [0.717, 1.165) is 26.9 Å². The van der Waals surface area contributed by atoms with E-state index in [2.05, 4.69) is 31.0 Å². The molecule has 0 saturated carbocycles. The maximum absolute atomic E-state index is 13.4. The van der Waals surface area contributed by atoms with Gasteiger partial charge in [-0.1, -0.05) is 47.2 Å². The van der Waals surface area contributed by atoms with Gasteiger partial charge in [0.15, 0.2) is 5.13 Å². The van der Waals surface area contributed by atoms with Crippen LogP contribution in [0.5, 0.6) is 0 Å². The molecule has 4 aromatic rings. The van der Waals surface area contributed by atoms with Crippen LogP contribution in [-0.4, -0.2) is 15.9 Å². The summed E-state index contributed by atoms with van der Waals surface area (Å²) >= 11 is 7.79. The van der Waals surface area contributed by atoms with Gasteiger partial charge in [0.05, 0.1) is 23.2 Å². The van der Waals surface area contributed by atoms with Gasteiger partial charge in [-0.2, -0.15) is 0 Å². The Morgan fingerprint density at radius 3 is 2.63 bits per heavy atom. The van der Waals surface area contributed by atoms with E-state index in [4.69, 9.17) is 16.6 Å². The molecule has 0 spiro atoms. The summed E-state index contributed by atoms with van der Waals surface area (Å²) in [5, 5.41) is 1.35. The predicted octanol–water partition coefficient (Wildman–Crippen LogP) is 6.05. The van der Waals surface area contributed by atoms with Crippen LogP contribution in [0.15, 0.2) is 54.9 Å². The first-order valence-corrected chi connectivity index (χ1v) is 10.9. The Hall–Kier alpha value is -2.76. The van der Waals surface area contributed by atoms with Crippen LogP contribution in [0.3, 0.4) is 0 Å². The molecule has 4 rings (SSSR count). The molecule has 1 amide bonds. The molecule has 0 radical (unpaired) electrons. The Kier molecular flexibility index (Phi) is 5.84. The fourth-order valence-corrected chi connectivity index (χ4v) is 4.52. The number of carbonyl (C=O) groups excluding carboxylic acids is 1. The number of aromatic nitrogens is 2. The van der Waals surface area contributed by atoms with Crippen molar-refractivity contribution in [2.45, 2.75) is 33.7 Å². The third-order valence-corrected chi connectivity index (χ3v) is 6.71. The fraction of sp³-hybridized carbons (Fsp3) is 0.208. The maximum atomic E-state index is 13.4. The van der Waals surface area contributed by atoms with E-state index in [0.29, 0.717) is 23.1 Å². The molecule has 6 heteroatoms. The summed E-state index contributed by atoms with van der Waals surface area (Å²) in [5.74, 6) is 0.00455. The molecule has 0 N–H and O–H groups in total. The summed E-state index contributed by atoms with van der Waals surface area (Å²) in [6.45, 7) is 6.52. The quantitative estimate of drug-likeness (QED) is 0.383. The lowest BCUT2D eigenvalue weighted by atomic mass is 10.0. The number of hydrogen-bond acceptors (Lipinski definition) is 4. The monoisotopic (exact) mass is 435 g/mol. The van der Waals surface area contributed by atoms with Crippen molar-refractivity contribution in [3.63, 3.8) is 0 Å². The molecule has 2 heterocycles. The van der Waals surface area contributed by atoms with Crippen LogP contribution in [-0.2, 0) is 17.8 Å². The minimum atomic E-state index is 0.00455. The molecular weight excluding hydrogens is 414 g/mol. The van der Waals surface area contributed by atoms with E-state index < -0.39 is 0 Å². The van der Waals surface area contributed by atoms with Crippen LogP contribution < -0.4 is 4.90 Å². The molecule has 0 aliphatic carbocycles. The highest BCUT2D eigenvalue weighted by Crippen LogP contribution is 2.34. The van der Waals surface area contributed by atoms with Gasteiger partial charge in [0, 0.05) is 17.4 Å². The number of aryl methyl sites for hydroxylation is 3. The Morgan fingerprint density at radius 1 is 1.07 bits per heavy atom. The summed E-state index contributed by atoms with van der Waals surface area (Å²) in [7, 11) is 0. The van der Waals surface area contributed by atoms with Crippen LogP contribution in [0.25, 0.3) is 10.2 Å². The largest absolute Gasteiger partial charge is 0.283 e. The number of pyridine rings is 1. The first kappa shape index (κ1) is 20.5. The van der Waals surface area contributed by atoms with Crippen molar-refractivity contribution in [2.75, 3.05) is 4.90 Å². The smallest absolute Gasteiger partial charge is 0.233 e. The Labute approximate surface area is 185 Å². The van der Waals surface area contributed by atoms with Gasteiger partial charge in [0.2, 0.25) is 5.91 Å². The molecule has 2 aromatic carbocycles. The highest BCUT2D eigenvalue weighted by molar-refractivity contribution is 7.22. The van der Waals surface area contributed by atoms with Crippen molar-refractivity contribution in [3.05, 3.63) is 87.7 Å². The van der Waals surface area contributed by atoms with Crippen molar-refractivity contribution in [2.24, 2.45) is 0 Å². The number of carbonyl (C=O) groups is 1. The normalized spacial score (nSPS) is 11.1. The van der Waals surface area contributed by atoms with Gasteiger partial charge in [0.1, 0.15) is 0 Å². The number of fused-ring (bicyclic) bond motifs is 1. The van der Waals surface area contributed by atoms with Crippen molar-refractivity contribution in [3.8, 4) is 0 Å². The number of amides is 1. The lowest BCUT2D eigenvalue weighted by Gasteiger charge is -2.20. The topological polar surface area (TPSA) is 46.1 Å². The first-order valence-electron chi connectivity index (χ1n) is 9.73. The molecule has 0 atom stereocenters. The molecule has 0 saturated heterocycles. The molecular formula is C24H22ClN3OS. The van der Waals surface area contributed by atoms with E-state index in [-0.39, 0.29) is 5.91 Å². The Balaban J connectivity index is 1.71. The summed E-state index contributed by atoms with van der Waals surface area (Å²) in [6, 6.07) is 13.8. The molecule has 0 aliphatic rings. The number of benzene rings is 2. The number of anilines is 1. The zero-order chi connectivity index (χ0) is 21.3.